The minimum atomic E-state index is -0.439. The van der Waals surface area contributed by atoms with Crippen molar-refractivity contribution in [1.29, 1.82) is 0 Å². The second kappa shape index (κ2) is 8.52. The number of carbonyl (C=O) groups excluding carboxylic acids is 2. The van der Waals surface area contributed by atoms with Gasteiger partial charge in [0.05, 0.1) is 26.9 Å². The molecule has 0 aromatic heterocycles. The number of hydrogen-bond acceptors (Lipinski definition) is 6. The Labute approximate surface area is 169 Å². The van der Waals surface area contributed by atoms with Crippen molar-refractivity contribution in [2.45, 2.75) is 0 Å². The van der Waals surface area contributed by atoms with Crippen LogP contribution in [0.5, 0.6) is 17.2 Å². The molecule has 29 heavy (non-hydrogen) atoms. The molecule has 1 aliphatic rings. The molecule has 0 bridgehead atoms. The molecule has 2 aromatic rings. The fourth-order valence-electron chi connectivity index (χ4n) is 3.15. The highest BCUT2D eigenvalue weighted by molar-refractivity contribution is 6.37. The van der Waals surface area contributed by atoms with E-state index in [0.29, 0.717) is 28.5 Å². The Morgan fingerprint density at radius 3 is 2.28 bits per heavy atom. The van der Waals surface area contributed by atoms with E-state index in [-0.39, 0.29) is 17.8 Å². The van der Waals surface area contributed by atoms with Gasteiger partial charge in [0.1, 0.15) is 11.4 Å². The van der Waals surface area contributed by atoms with Gasteiger partial charge in [0.15, 0.2) is 11.5 Å². The minimum Gasteiger partial charge on any atom is -0.496 e. The summed E-state index contributed by atoms with van der Waals surface area (Å²) in [5, 5.41) is 3.08. The number of hydrogen-bond donors (Lipinski definition) is 1. The maximum Gasteiger partial charge on any atom is 0.278 e. The first-order chi connectivity index (χ1) is 14.0. The summed E-state index contributed by atoms with van der Waals surface area (Å²) in [6.07, 6.45) is 1.51. The molecule has 1 N–H and O–H groups in total. The first-order valence-electron chi connectivity index (χ1n) is 8.89. The largest absolute Gasteiger partial charge is 0.496 e. The van der Waals surface area contributed by atoms with Crippen LogP contribution in [0.4, 0.5) is 5.69 Å². The predicted molar refractivity (Wildman–Crippen MR) is 110 cm³/mol. The quantitative estimate of drug-likeness (QED) is 0.548. The van der Waals surface area contributed by atoms with Crippen molar-refractivity contribution in [1.82, 2.24) is 4.90 Å². The van der Waals surface area contributed by atoms with Crippen molar-refractivity contribution in [3.05, 3.63) is 66.4 Å². The molecule has 0 aliphatic carbocycles. The van der Waals surface area contributed by atoms with Gasteiger partial charge in [-0.3, -0.25) is 14.5 Å². The van der Waals surface area contributed by atoms with E-state index in [1.54, 1.807) is 49.6 Å². The van der Waals surface area contributed by atoms with Gasteiger partial charge in [0.25, 0.3) is 11.8 Å². The lowest BCUT2D eigenvalue weighted by Gasteiger charge is -2.13. The maximum absolute atomic E-state index is 13.1. The van der Waals surface area contributed by atoms with Crippen molar-refractivity contribution in [3.8, 4) is 17.2 Å². The third kappa shape index (κ3) is 3.67. The Kier molecular flexibility index (Phi) is 5.87. The zero-order chi connectivity index (χ0) is 21.0. The number of nitrogens with one attached hydrogen (secondary N) is 1. The summed E-state index contributed by atoms with van der Waals surface area (Å²) in [6, 6.07) is 12.2. The number of imide groups is 1. The van der Waals surface area contributed by atoms with Gasteiger partial charge in [-0.25, -0.2) is 0 Å². The molecule has 7 nitrogen and oxygen atoms in total. The number of rotatable bonds is 8. The van der Waals surface area contributed by atoms with E-state index in [2.05, 4.69) is 11.9 Å². The summed E-state index contributed by atoms with van der Waals surface area (Å²) in [6.45, 7) is 3.74. The van der Waals surface area contributed by atoms with Crippen LogP contribution in [0.3, 0.4) is 0 Å². The van der Waals surface area contributed by atoms with Crippen LogP contribution >= 0.6 is 0 Å². The molecule has 150 valence electrons. The fraction of sp³-hybridized carbons (Fsp3) is 0.182. The van der Waals surface area contributed by atoms with Crippen molar-refractivity contribution in [2.24, 2.45) is 0 Å². The number of benzene rings is 2. The average Bonchev–Trinajstić information content (AvgIpc) is 2.98. The average molecular weight is 394 g/mol. The van der Waals surface area contributed by atoms with Gasteiger partial charge in [0, 0.05) is 23.9 Å². The molecule has 2 aromatic carbocycles. The lowest BCUT2D eigenvalue weighted by molar-refractivity contribution is -0.136. The third-order valence-corrected chi connectivity index (χ3v) is 4.51. The van der Waals surface area contributed by atoms with E-state index in [1.165, 1.54) is 20.3 Å². The molecule has 0 atom stereocenters. The monoisotopic (exact) mass is 394 g/mol. The van der Waals surface area contributed by atoms with Crippen molar-refractivity contribution < 1.29 is 23.8 Å². The van der Waals surface area contributed by atoms with Crippen molar-refractivity contribution >= 4 is 23.1 Å². The van der Waals surface area contributed by atoms with Crippen LogP contribution in [-0.4, -0.2) is 44.6 Å². The highest BCUT2D eigenvalue weighted by Crippen LogP contribution is 2.36. The van der Waals surface area contributed by atoms with Crippen LogP contribution in [0.2, 0.25) is 0 Å². The standard InChI is InChI=1S/C22H22N2O5/c1-5-12-24-21(25)19(15-8-6-7-9-16(15)27-2)20(22(24)26)23-14-10-11-17(28-3)18(13-14)29-4/h5-11,13,23H,1,12H2,2-4H3. The molecule has 0 saturated heterocycles. The summed E-state index contributed by atoms with van der Waals surface area (Å²) in [4.78, 5) is 27.2. The Morgan fingerprint density at radius 2 is 1.62 bits per heavy atom. The van der Waals surface area contributed by atoms with E-state index in [4.69, 9.17) is 14.2 Å². The van der Waals surface area contributed by atoms with E-state index in [1.807, 2.05) is 0 Å². The SMILES string of the molecule is C=CCN1C(=O)C(Nc2ccc(OC)c(OC)c2)=C(c2ccccc2OC)C1=O. The van der Waals surface area contributed by atoms with Crippen LogP contribution < -0.4 is 19.5 Å². The second-order valence-corrected chi connectivity index (χ2v) is 6.15. The smallest absolute Gasteiger partial charge is 0.278 e. The molecule has 0 unspecified atom stereocenters. The van der Waals surface area contributed by atoms with Gasteiger partial charge >= 0.3 is 0 Å². The summed E-state index contributed by atoms with van der Waals surface area (Å²) >= 11 is 0. The van der Waals surface area contributed by atoms with Gasteiger partial charge in [-0.15, -0.1) is 6.58 Å². The molecule has 0 fully saturated rings. The summed E-state index contributed by atoms with van der Waals surface area (Å²) in [5.41, 5.74) is 1.51. The van der Waals surface area contributed by atoms with Crippen molar-refractivity contribution in [2.75, 3.05) is 33.2 Å². The number of para-hydroxylation sites is 1. The lowest BCUT2D eigenvalue weighted by Crippen LogP contribution is -2.32. The van der Waals surface area contributed by atoms with Crippen LogP contribution in [0.15, 0.2) is 60.8 Å². The molecule has 0 spiro atoms. The van der Waals surface area contributed by atoms with Crippen LogP contribution in [0.1, 0.15) is 5.56 Å². The summed E-state index contributed by atoms with van der Waals surface area (Å²) < 4.78 is 16.0. The topological polar surface area (TPSA) is 77.1 Å². The second-order valence-electron chi connectivity index (χ2n) is 6.15. The zero-order valence-electron chi connectivity index (χ0n) is 16.5. The normalized spacial score (nSPS) is 13.6. The Balaban J connectivity index is 2.12. The Morgan fingerprint density at radius 1 is 0.931 bits per heavy atom. The van der Waals surface area contributed by atoms with E-state index < -0.39 is 11.8 Å². The molecule has 0 radical (unpaired) electrons. The molecule has 0 saturated carbocycles. The number of ether oxygens (including phenoxy) is 3. The first kappa shape index (κ1) is 20.0. The van der Waals surface area contributed by atoms with Crippen molar-refractivity contribution in [3.63, 3.8) is 0 Å². The highest BCUT2D eigenvalue weighted by Gasteiger charge is 2.39. The maximum atomic E-state index is 13.1. The van der Waals surface area contributed by atoms with Crippen LogP contribution in [0.25, 0.3) is 5.57 Å². The number of methoxy groups -OCH3 is 3. The molecule has 7 heteroatoms. The number of amides is 2. The van der Waals surface area contributed by atoms with Gasteiger partial charge < -0.3 is 19.5 Å². The third-order valence-electron chi connectivity index (χ3n) is 4.51. The number of nitrogens with zero attached hydrogens (tertiary/aromatic N) is 1. The van der Waals surface area contributed by atoms with Gasteiger partial charge in [-0.05, 0) is 18.2 Å². The van der Waals surface area contributed by atoms with Crippen LogP contribution in [-0.2, 0) is 9.59 Å². The molecular formula is C22H22N2O5. The summed E-state index contributed by atoms with van der Waals surface area (Å²) in [7, 11) is 4.58. The number of anilines is 1. The predicted octanol–water partition coefficient (Wildman–Crippen LogP) is 3.09. The zero-order valence-corrected chi connectivity index (χ0v) is 16.5. The van der Waals surface area contributed by atoms with E-state index in [0.717, 1.165) is 4.90 Å². The minimum absolute atomic E-state index is 0.105. The Bertz CT molecular complexity index is 996. The molecular weight excluding hydrogens is 372 g/mol. The molecule has 2 amide bonds. The molecule has 3 rings (SSSR count). The van der Waals surface area contributed by atoms with E-state index >= 15 is 0 Å². The highest BCUT2D eigenvalue weighted by atomic mass is 16.5. The van der Waals surface area contributed by atoms with Crippen LogP contribution in [0, 0.1) is 0 Å². The van der Waals surface area contributed by atoms with E-state index in [9.17, 15) is 9.59 Å². The fourth-order valence-corrected chi connectivity index (χ4v) is 3.15. The van der Waals surface area contributed by atoms with Gasteiger partial charge in [0.2, 0.25) is 0 Å². The summed E-state index contributed by atoms with van der Waals surface area (Å²) in [5.74, 6) is 0.694. The van der Waals surface area contributed by atoms with Gasteiger partial charge in [-0.2, -0.15) is 0 Å². The molecule has 1 heterocycles. The molecule has 1 aliphatic heterocycles. The Hall–Kier alpha value is -3.74. The lowest BCUT2D eigenvalue weighted by atomic mass is 10.0. The van der Waals surface area contributed by atoms with Gasteiger partial charge in [-0.1, -0.05) is 24.3 Å². The number of carbonyl (C=O) groups is 2. The first-order valence-corrected chi connectivity index (χ1v) is 8.89.